The molecule has 21 heavy (non-hydrogen) atoms. The summed E-state index contributed by atoms with van der Waals surface area (Å²) in [6.45, 7) is 5.10. The minimum Gasteiger partial charge on any atom is -0.481 e. The molecule has 0 radical (unpaired) electrons. The lowest BCUT2D eigenvalue weighted by Crippen LogP contribution is -2.49. The summed E-state index contributed by atoms with van der Waals surface area (Å²) in [6.07, 6.45) is 1.86. The Morgan fingerprint density at radius 1 is 1.29 bits per heavy atom. The lowest BCUT2D eigenvalue weighted by atomic mass is 10.3. The average molecular weight is 295 g/mol. The predicted octanol–water partition coefficient (Wildman–Crippen LogP) is -0.0103. The third-order valence-electron chi connectivity index (χ3n) is 3.51. The largest absolute Gasteiger partial charge is 0.481 e. The Hall–Kier alpha value is -1.96. The van der Waals surface area contributed by atoms with Crippen LogP contribution in [0.3, 0.4) is 0 Å². The lowest BCUT2D eigenvalue weighted by molar-refractivity contribution is -0.137. The molecule has 1 fully saturated rings. The zero-order valence-electron chi connectivity index (χ0n) is 12.2. The quantitative estimate of drug-likeness (QED) is 0.765. The van der Waals surface area contributed by atoms with Gasteiger partial charge in [0.2, 0.25) is 5.82 Å². The van der Waals surface area contributed by atoms with Crippen molar-refractivity contribution in [3.05, 3.63) is 11.6 Å². The molecule has 0 atom stereocenters. The van der Waals surface area contributed by atoms with Crippen molar-refractivity contribution in [1.29, 1.82) is 0 Å². The number of aryl methyl sites for hydroxylation is 1. The van der Waals surface area contributed by atoms with Gasteiger partial charge in [0.1, 0.15) is 5.82 Å². The molecule has 2 N–H and O–H groups in total. The summed E-state index contributed by atoms with van der Waals surface area (Å²) in [6, 6.07) is 0. The fraction of sp³-hybridized carbons (Fsp3) is 0.692. The smallest absolute Gasteiger partial charge is 0.304 e. The minimum atomic E-state index is -0.794. The Labute approximate surface area is 123 Å². The average Bonchev–Trinajstić information content (AvgIpc) is 2.94. The molecule has 0 aromatic carbocycles. The van der Waals surface area contributed by atoms with Crippen molar-refractivity contribution in [1.82, 2.24) is 25.0 Å². The standard InChI is InChI=1S/C13H21N5O3/c1-2-3-10-14-12(16-15-10)13(21)18-8-6-17(7-9-18)5-4-11(19)20/h2-9H2,1H3,(H,19,20)(H,14,15,16). The van der Waals surface area contributed by atoms with E-state index >= 15 is 0 Å². The van der Waals surface area contributed by atoms with Crippen molar-refractivity contribution in [2.45, 2.75) is 26.2 Å². The molecule has 2 heterocycles. The number of carboxylic acid groups (broad SMARTS) is 1. The Morgan fingerprint density at radius 3 is 2.62 bits per heavy atom. The van der Waals surface area contributed by atoms with Gasteiger partial charge in [0, 0.05) is 39.1 Å². The van der Waals surface area contributed by atoms with Gasteiger partial charge in [-0.1, -0.05) is 6.92 Å². The van der Waals surface area contributed by atoms with E-state index in [9.17, 15) is 9.59 Å². The highest BCUT2D eigenvalue weighted by Crippen LogP contribution is 2.07. The Balaban J connectivity index is 1.83. The molecule has 0 bridgehead atoms. The molecule has 8 heteroatoms. The zero-order chi connectivity index (χ0) is 15.2. The maximum Gasteiger partial charge on any atom is 0.304 e. The van der Waals surface area contributed by atoms with E-state index in [-0.39, 0.29) is 18.2 Å². The summed E-state index contributed by atoms with van der Waals surface area (Å²) in [5.74, 6) is 0.00236. The van der Waals surface area contributed by atoms with Gasteiger partial charge in [-0.05, 0) is 6.42 Å². The molecule has 8 nitrogen and oxygen atoms in total. The number of nitrogens with one attached hydrogen (secondary N) is 1. The summed E-state index contributed by atoms with van der Waals surface area (Å²) in [4.78, 5) is 30.8. The third-order valence-corrected chi connectivity index (χ3v) is 3.51. The highest BCUT2D eigenvalue weighted by atomic mass is 16.4. The predicted molar refractivity (Wildman–Crippen MR) is 75.0 cm³/mol. The number of rotatable bonds is 6. The fourth-order valence-corrected chi connectivity index (χ4v) is 2.31. The lowest BCUT2D eigenvalue weighted by Gasteiger charge is -2.33. The highest BCUT2D eigenvalue weighted by molar-refractivity contribution is 5.90. The second kappa shape index (κ2) is 7.16. The number of aliphatic carboxylic acids is 1. The van der Waals surface area contributed by atoms with Crippen molar-refractivity contribution in [2.24, 2.45) is 0 Å². The summed E-state index contributed by atoms with van der Waals surface area (Å²) >= 11 is 0. The first-order valence-electron chi connectivity index (χ1n) is 7.25. The number of amides is 1. The van der Waals surface area contributed by atoms with Crippen LogP contribution in [0.2, 0.25) is 0 Å². The molecule has 1 amide bonds. The zero-order valence-corrected chi connectivity index (χ0v) is 12.2. The summed E-state index contributed by atoms with van der Waals surface area (Å²) in [5.41, 5.74) is 0. The Bertz CT molecular complexity index is 494. The van der Waals surface area contributed by atoms with Crippen LogP contribution in [0.15, 0.2) is 0 Å². The van der Waals surface area contributed by atoms with E-state index in [2.05, 4.69) is 20.1 Å². The molecular weight excluding hydrogens is 274 g/mol. The van der Waals surface area contributed by atoms with Gasteiger partial charge in [-0.3, -0.25) is 19.6 Å². The van der Waals surface area contributed by atoms with E-state index in [0.717, 1.165) is 18.7 Å². The second-order valence-electron chi connectivity index (χ2n) is 5.13. The normalized spacial score (nSPS) is 16.1. The Kier molecular flexibility index (Phi) is 5.26. The van der Waals surface area contributed by atoms with Crippen LogP contribution in [0.25, 0.3) is 0 Å². The molecule has 0 aliphatic carbocycles. The molecule has 1 aliphatic heterocycles. The van der Waals surface area contributed by atoms with E-state index in [1.165, 1.54) is 0 Å². The van der Waals surface area contributed by atoms with Crippen LogP contribution in [-0.2, 0) is 11.2 Å². The third kappa shape index (κ3) is 4.25. The van der Waals surface area contributed by atoms with Crippen molar-refractivity contribution >= 4 is 11.9 Å². The van der Waals surface area contributed by atoms with Crippen molar-refractivity contribution in [3.8, 4) is 0 Å². The number of aromatic nitrogens is 3. The van der Waals surface area contributed by atoms with E-state index in [4.69, 9.17) is 5.11 Å². The van der Waals surface area contributed by atoms with Crippen LogP contribution in [-0.4, -0.2) is 74.7 Å². The van der Waals surface area contributed by atoms with Gasteiger partial charge in [-0.25, -0.2) is 4.98 Å². The van der Waals surface area contributed by atoms with Gasteiger partial charge in [-0.2, -0.15) is 0 Å². The van der Waals surface area contributed by atoms with E-state index < -0.39 is 5.97 Å². The van der Waals surface area contributed by atoms with Crippen LogP contribution in [0.1, 0.15) is 36.2 Å². The molecule has 0 saturated carbocycles. The van der Waals surface area contributed by atoms with Crippen LogP contribution in [0.4, 0.5) is 0 Å². The topological polar surface area (TPSA) is 102 Å². The van der Waals surface area contributed by atoms with Gasteiger partial charge in [0.15, 0.2) is 0 Å². The van der Waals surface area contributed by atoms with Gasteiger partial charge >= 0.3 is 5.97 Å². The summed E-state index contributed by atoms with van der Waals surface area (Å²) in [5, 5.41) is 15.4. The van der Waals surface area contributed by atoms with Gasteiger partial charge in [-0.15, -0.1) is 5.10 Å². The molecule has 2 rings (SSSR count). The second-order valence-corrected chi connectivity index (χ2v) is 5.13. The monoisotopic (exact) mass is 295 g/mol. The maximum atomic E-state index is 12.3. The van der Waals surface area contributed by atoms with Crippen LogP contribution < -0.4 is 0 Å². The van der Waals surface area contributed by atoms with Gasteiger partial charge in [0.25, 0.3) is 5.91 Å². The molecule has 0 spiro atoms. The Morgan fingerprint density at radius 2 is 2.00 bits per heavy atom. The minimum absolute atomic E-state index is 0.134. The van der Waals surface area contributed by atoms with E-state index in [1.807, 2.05) is 6.92 Å². The molecular formula is C13H21N5O3. The fourth-order valence-electron chi connectivity index (χ4n) is 2.31. The molecule has 1 aliphatic rings. The highest BCUT2D eigenvalue weighted by Gasteiger charge is 2.24. The maximum absolute atomic E-state index is 12.3. The van der Waals surface area contributed by atoms with E-state index in [1.54, 1.807) is 4.90 Å². The molecule has 1 saturated heterocycles. The molecule has 1 aromatic rings. The number of carbonyl (C=O) groups is 2. The first-order chi connectivity index (χ1) is 10.1. The van der Waals surface area contributed by atoms with Crippen LogP contribution >= 0.6 is 0 Å². The van der Waals surface area contributed by atoms with Crippen molar-refractivity contribution < 1.29 is 14.7 Å². The first kappa shape index (κ1) is 15.4. The number of carboxylic acids is 1. The molecule has 116 valence electrons. The van der Waals surface area contributed by atoms with Crippen LogP contribution in [0.5, 0.6) is 0 Å². The van der Waals surface area contributed by atoms with E-state index in [0.29, 0.717) is 32.7 Å². The number of aromatic amines is 1. The molecule has 1 aromatic heterocycles. The van der Waals surface area contributed by atoms with Crippen molar-refractivity contribution in [3.63, 3.8) is 0 Å². The van der Waals surface area contributed by atoms with Crippen LogP contribution in [0, 0.1) is 0 Å². The number of H-pyrrole nitrogens is 1. The summed E-state index contributed by atoms with van der Waals surface area (Å²) < 4.78 is 0. The summed E-state index contributed by atoms with van der Waals surface area (Å²) in [7, 11) is 0. The number of hydrogen-bond donors (Lipinski definition) is 2. The number of hydrogen-bond acceptors (Lipinski definition) is 5. The number of carbonyl (C=O) groups excluding carboxylic acids is 1. The van der Waals surface area contributed by atoms with Crippen molar-refractivity contribution in [2.75, 3.05) is 32.7 Å². The first-order valence-corrected chi connectivity index (χ1v) is 7.25. The molecule has 0 unspecified atom stereocenters. The van der Waals surface area contributed by atoms with Gasteiger partial charge in [0.05, 0.1) is 6.42 Å². The number of nitrogens with zero attached hydrogens (tertiary/aromatic N) is 4. The van der Waals surface area contributed by atoms with Gasteiger partial charge < -0.3 is 10.0 Å². The number of piperazine rings is 1. The SMILES string of the molecule is CCCc1nc(C(=O)N2CCN(CCC(=O)O)CC2)n[nH]1.